The van der Waals surface area contributed by atoms with Crippen molar-refractivity contribution in [3.05, 3.63) is 28.4 Å². The van der Waals surface area contributed by atoms with Crippen LogP contribution in [0.1, 0.15) is 39.5 Å². The van der Waals surface area contributed by atoms with Crippen LogP contribution in [0.25, 0.3) is 0 Å². The fraction of sp³-hybridized carbons (Fsp3) is 0.643. The summed E-state index contributed by atoms with van der Waals surface area (Å²) >= 11 is 0. The predicted molar refractivity (Wildman–Crippen MR) is 75.4 cm³/mol. The molecule has 0 bridgehead atoms. The number of hydrogen-bond donors (Lipinski definition) is 0. The van der Waals surface area contributed by atoms with Crippen molar-refractivity contribution in [3.63, 3.8) is 0 Å². The topological polar surface area (TPSA) is 59.3 Å². The first kappa shape index (κ1) is 13.8. The number of aromatic nitrogens is 1. The van der Waals surface area contributed by atoms with Crippen LogP contribution in [0, 0.1) is 15.5 Å². The van der Waals surface area contributed by atoms with Gasteiger partial charge in [0, 0.05) is 19.2 Å². The van der Waals surface area contributed by atoms with Crippen LogP contribution in [0.3, 0.4) is 0 Å². The highest BCUT2D eigenvalue weighted by Crippen LogP contribution is 2.35. The van der Waals surface area contributed by atoms with Crippen LogP contribution >= 0.6 is 0 Å². The molecule has 0 radical (unpaired) electrons. The Labute approximate surface area is 113 Å². The van der Waals surface area contributed by atoms with Crippen molar-refractivity contribution in [2.45, 2.75) is 39.5 Å². The van der Waals surface area contributed by atoms with Gasteiger partial charge in [0.2, 0.25) is 0 Å². The standard InChI is InChI=1S/C14H21N3O2/c1-3-7-14(2)8-4-9-16(11-14)13-6-5-12(10-15-13)17(18)19/h5-6,10H,3-4,7-9,11H2,1-2H3. The van der Waals surface area contributed by atoms with E-state index >= 15 is 0 Å². The molecule has 0 aromatic carbocycles. The van der Waals surface area contributed by atoms with Crippen molar-refractivity contribution in [1.82, 2.24) is 4.98 Å². The highest BCUT2D eigenvalue weighted by molar-refractivity contribution is 5.43. The smallest absolute Gasteiger partial charge is 0.287 e. The van der Waals surface area contributed by atoms with Crippen molar-refractivity contribution in [3.8, 4) is 0 Å². The summed E-state index contributed by atoms with van der Waals surface area (Å²) in [5, 5.41) is 10.6. The second-order valence-electron chi connectivity index (χ2n) is 5.72. The summed E-state index contributed by atoms with van der Waals surface area (Å²) in [7, 11) is 0. The van der Waals surface area contributed by atoms with Gasteiger partial charge in [0.05, 0.1) is 4.92 Å². The molecule has 19 heavy (non-hydrogen) atoms. The van der Waals surface area contributed by atoms with E-state index in [4.69, 9.17) is 0 Å². The fourth-order valence-corrected chi connectivity index (χ4v) is 2.99. The molecular weight excluding hydrogens is 242 g/mol. The largest absolute Gasteiger partial charge is 0.356 e. The third-order valence-electron chi connectivity index (χ3n) is 3.90. The maximum absolute atomic E-state index is 10.6. The second-order valence-corrected chi connectivity index (χ2v) is 5.72. The van der Waals surface area contributed by atoms with Crippen LogP contribution < -0.4 is 4.90 Å². The summed E-state index contributed by atoms with van der Waals surface area (Å²) in [5.74, 6) is 0.854. The van der Waals surface area contributed by atoms with Crippen LogP contribution in [0.5, 0.6) is 0 Å². The Kier molecular flexibility index (Phi) is 4.02. The summed E-state index contributed by atoms with van der Waals surface area (Å²) in [6.45, 7) is 6.53. The number of anilines is 1. The zero-order valence-electron chi connectivity index (χ0n) is 11.6. The molecule has 2 rings (SSSR count). The van der Waals surface area contributed by atoms with Gasteiger partial charge in [0.1, 0.15) is 12.0 Å². The Morgan fingerprint density at radius 2 is 2.32 bits per heavy atom. The van der Waals surface area contributed by atoms with Gasteiger partial charge in [-0.15, -0.1) is 0 Å². The minimum Gasteiger partial charge on any atom is -0.356 e. The molecule has 0 N–H and O–H groups in total. The average Bonchev–Trinajstić information content (AvgIpc) is 2.39. The first-order chi connectivity index (χ1) is 9.04. The van der Waals surface area contributed by atoms with Gasteiger partial charge in [0.25, 0.3) is 5.69 Å². The van der Waals surface area contributed by atoms with Gasteiger partial charge < -0.3 is 4.90 Å². The molecule has 1 atom stereocenters. The molecule has 104 valence electrons. The summed E-state index contributed by atoms with van der Waals surface area (Å²) < 4.78 is 0. The van der Waals surface area contributed by atoms with Crippen LogP contribution in [0.2, 0.25) is 0 Å². The SMILES string of the molecule is CCCC1(C)CCCN(c2ccc([N+](=O)[O-])cn2)C1. The first-order valence-electron chi connectivity index (χ1n) is 6.89. The molecule has 1 aliphatic rings. The van der Waals surface area contributed by atoms with E-state index in [-0.39, 0.29) is 5.69 Å². The number of nitrogens with zero attached hydrogens (tertiary/aromatic N) is 3. The number of pyridine rings is 1. The van der Waals surface area contributed by atoms with Crippen molar-refractivity contribution in [1.29, 1.82) is 0 Å². The number of nitro groups is 1. The lowest BCUT2D eigenvalue weighted by Gasteiger charge is -2.41. The maximum atomic E-state index is 10.6. The van der Waals surface area contributed by atoms with E-state index in [2.05, 4.69) is 23.7 Å². The molecule has 1 aromatic rings. The Hall–Kier alpha value is -1.65. The Morgan fingerprint density at radius 1 is 1.53 bits per heavy atom. The number of hydrogen-bond acceptors (Lipinski definition) is 4. The molecule has 0 amide bonds. The summed E-state index contributed by atoms with van der Waals surface area (Å²) in [6, 6.07) is 3.30. The summed E-state index contributed by atoms with van der Waals surface area (Å²) in [6.07, 6.45) is 6.18. The third-order valence-corrected chi connectivity index (χ3v) is 3.90. The highest BCUT2D eigenvalue weighted by atomic mass is 16.6. The van der Waals surface area contributed by atoms with E-state index in [1.807, 2.05) is 0 Å². The minimum atomic E-state index is -0.409. The lowest BCUT2D eigenvalue weighted by Crippen LogP contribution is -2.42. The minimum absolute atomic E-state index is 0.0529. The van der Waals surface area contributed by atoms with E-state index in [1.165, 1.54) is 31.5 Å². The Balaban J connectivity index is 2.10. The fourth-order valence-electron chi connectivity index (χ4n) is 2.99. The average molecular weight is 263 g/mol. The molecule has 0 aliphatic carbocycles. The van der Waals surface area contributed by atoms with Crippen molar-refractivity contribution in [2.75, 3.05) is 18.0 Å². The molecular formula is C14H21N3O2. The Bertz CT molecular complexity index is 443. The van der Waals surface area contributed by atoms with E-state index in [0.717, 1.165) is 25.3 Å². The molecule has 1 saturated heterocycles. The molecule has 0 spiro atoms. The summed E-state index contributed by atoms with van der Waals surface area (Å²) in [4.78, 5) is 16.7. The van der Waals surface area contributed by atoms with E-state index < -0.39 is 4.92 Å². The van der Waals surface area contributed by atoms with Gasteiger partial charge >= 0.3 is 0 Å². The van der Waals surface area contributed by atoms with Gasteiger partial charge in [-0.1, -0.05) is 20.3 Å². The lowest BCUT2D eigenvalue weighted by molar-refractivity contribution is -0.385. The molecule has 5 nitrogen and oxygen atoms in total. The second kappa shape index (κ2) is 5.55. The van der Waals surface area contributed by atoms with Crippen LogP contribution in [0.4, 0.5) is 11.5 Å². The van der Waals surface area contributed by atoms with Crippen LogP contribution in [-0.2, 0) is 0 Å². The zero-order chi connectivity index (χ0) is 13.9. The predicted octanol–water partition coefficient (Wildman–Crippen LogP) is 3.40. The molecule has 2 heterocycles. The molecule has 1 aliphatic heterocycles. The molecule has 0 saturated carbocycles. The first-order valence-corrected chi connectivity index (χ1v) is 6.89. The molecule has 1 unspecified atom stereocenters. The number of piperidine rings is 1. The van der Waals surface area contributed by atoms with E-state index in [0.29, 0.717) is 5.41 Å². The van der Waals surface area contributed by atoms with Gasteiger partial charge in [-0.25, -0.2) is 4.98 Å². The number of rotatable bonds is 4. The monoisotopic (exact) mass is 263 g/mol. The molecule has 5 heteroatoms. The quantitative estimate of drug-likeness (QED) is 0.617. The van der Waals surface area contributed by atoms with Gasteiger partial charge in [0.15, 0.2) is 0 Å². The lowest BCUT2D eigenvalue weighted by atomic mass is 9.78. The molecule has 1 fully saturated rings. The Morgan fingerprint density at radius 3 is 2.89 bits per heavy atom. The normalized spacial score (nSPS) is 23.4. The summed E-state index contributed by atoms with van der Waals surface area (Å²) in [5.41, 5.74) is 0.397. The van der Waals surface area contributed by atoms with Crippen LogP contribution in [0.15, 0.2) is 18.3 Å². The van der Waals surface area contributed by atoms with Gasteiger partial charge in [-0.2, -0.15) is 0 Å². The molecule has 1 aromatic heterocycles. The van der Waals surface area contributed by atoms with Gasteiger partial charge in [-0.05, 0) is 30.7 Å². The van der Waals surface area contributed by atoms with E-state index in [1.54, 1.807) is 6.07 Å². The zero-order valence-corrected chi connectivity index (χ0v) is 11.6. The van der Waals surface area contributed by atoms with Crippen LogP contribution in [-0.4, -0.2) is 23.0 Å². The van der Waals surface area contributed by atoms with Gasteiger partial charge in [-0.3, -0.25) is 10.1 Å². The highest BCUT2D eigenvalue weighted by Gasteiger charge is 2.30. The third kappa shape index (κ3) is 3.22. The van der Waals surface area contributed by atoms with Crippen molar-refractivity contribution in [2.24, 2.45) is 5.41 Å². The maximum Gasteiger partial charge on any atom is 0.287 e. The van der Waals surface area contributed by atoms with Crippen molar-refractivity contribution < 1.29 is 4.92 Å². The van der Waals surface area contributed by atoms with E-state index in [9.17, 15) is 10.1 Å². The van der Waals surface area contributed by atoms with Crippen molar-refractivity contribution >= 4 is 11.5 Å².